The molecule has 0 spiro atoms. The number of thiophene rings is 1. The maximum atomic E-state index is 4.81. The van der Waals surface area contributed by atoms with Crippen molar-refractivity contribution >= 4 is 64.2 Å². The van der Waals surface area contributed by atoms with Gasteiger partial charge in [0.1, 0.15) is 0 Å². The van der Waals surface area contributed by atoms with Crippen LogP contribution in [0.15, 0.2) is 121 Å². The van der Waals surface area contributed by atoms with Crippen LogP contribution >= 0.6 is 11.3 Å². The van der Waals surface area contributed by atoms with Gasteiger partial charge in [-0.2, -0.15) is 0 Å². The predicted octanol–water partition coefficient (Wildman–Crippen LogP) is 9.37. The second kappa shape index (κ2) is 7.51. The molecule has 0 fully saturated rings. The largest absolute Gasteiger partial charge is 0.308 e. The van der Waals surface area contributed by atoms with Crippen LogP contribution in [0, 0.1) is 0 Å². The van der Waals surface area contributed by atoms with Crippen molar-refractivity contribution in [3.8, 4) is 16.8 Å². The Morgan fingerprint density at radius 2 is 1.36 bits per heavy atom. The van der Waals surface area contributed by atoms with E-state index in [0.29, 0.717) is 0 Å². The fraction of sp³-hybridized carbons (Fsp3) is 0. The molecular formula is C33H20N2S. The van der Waals surface area contributed by atoms with Gasteiger partial charge in [-0.05, 0) is 64.4 Å². The fourth-order valence-electron chi connectivity index (χ4n) is 5.60. The minimum atomic E-state index is 1.04. The highest BCUT2D eigenvalue weighted by molar-refractivity contribution is 7.25. The van der Waals surface area contributed by atoms with E-state index in [0.717, 1.165) is 16.7 Å². The summed E-state index contributed by atoms with van der Waals surface area (Å²) in [7, 11) is 0. The minimum absolute atomic E-state index is 1.04. The Hall–Kier alpha value is -4.47. The average molecular weight is 477 g/mol. The quantitative estimate of drug-likeness (QED) is 0.243. The van der Waals surface area contributed by atoms with E-state index in [1.165, 1.54) is 53.0 Å². The number of nitrogens with zero attached hydrogens (tertiary/aromatic N) is 2. The normalized spacial score (nSPS) is 11.9. The Kier molecular flexibility index (Phi) is 4.13. The predicted molar refractivity (Wildman–Crippen MR) is 154 cm³/mol. The highest BCUT2D eigenvalue weighted by Gasteiger charge is 2.16. The smallest absolute Gasteiger partial charge is 0.0963 e. The lowest BCUT2D eigenvalue weighted by molar-refractivity contribution is 1.18. The molecule has 8 aromatic rings. The molecule has 0 aliphatic heterocycles. The monoisotopic (exact) mass is 476 g/mol. The summed E-state index contributed by atoms with van der Waals surface area (Å²) in [5.74, 6) is 0. The second-order valence-corrected chi connectivity index (χ2v) is 10.3. The molecule has 2 nitrogen and oxygen atoms in total. The number of benzene rings is 5. The van der Waals surface area contributed by atoms with E-state index in [-0.39, 0.29) is 0 Å². The molecule has 3 aromatic heterocycles. The number of pyridine rings is 1. The third-order valence-electron chi connectivity index (χ3n) is 7.24. The lowest BCUT2D eigenvalue weighted by atomic mass is 9.98. The molecule has 0 atom stereocenters. The lowest BCUT2D eigenvalue weighted by Gasteiger charge is -2.11. The molecule has 0 N–H and O–H groups in total. The highest BCUT2D eigenvalue weighted by atomic mass is 32.1. The lowest BCUT2D eigenvalue weighted by Crippen LogP contribution is -1.94. The van der Waals surface area contributed by atoms with E-state index < -0.39 is 0 Å². The van der Waals surface area contributed by atoms with E-state index in [9.17, 15) is 0 Å². The fourth-order valence-corrected chi connectivity index (χ4v) is 6.72. The number of rotatable bonds is 2. The Balaban J connectivity index is 1.37. The van der Waals surface area contributed by atoms with Crippen molar-refractivity contribution < 1.29 is 0 Å². The van der Waals surface area contributed by atoms with E-state index >= 15 is 0 Å². The summed E-state index contributed by atoms with van der Waals surface area (Å²) >= 11 is 1.86. The van der Waals surface area contributed by atoms with Crippen LogP contribution in [0.25, 0.3) is 69.7 Å². The van der Waals surface area contributed by atoms with Gasteiger partial charge in [0.25, 0.3) is 0 Å². The topological polar surface area (TPSA) is 17.8 Å². The maximum absolute atomic E-state index is 4.81. The molecule has 0 radical (unpaired) electrons. The molecule has 0 aliphatic rings. The van der Waals surface area contributed by atoms with Crippen molar-refractivity contribution in [1.29, 1.82) is 0 Å². The molecule has 0 saturated carbocycles. The molecule has 8 rings (SSSR count). The summed E-state index contributed by atoms with van der Waals surface area (Å²) in [4.78, 5) is 4.81. The Morgan fingerprint density at radius 1 is 0.556 bits per heavy atom. The summed E-state index contributed by atoms with van der Waals surface area (Å²) in [5.41, 5.74) is 7.00. The van der Waals surface area contributed by atoms with Crippen molar-refractivity contribution in [2.24, 2.45) is 0 Å². The Labute approximate surface area is 211 Å². The third kappa shape index (κ3) is 2.81. The maximum Gasteiger partial charge on any atom is 0.0963 e. The number of fused-ring (bicyclic) bond motifs is 7. The standard InChI is InChI=1S/C33H20N2S/c1-2-9-24-21(7-1)8-5-11-25(24)22-14-16-23(17-15-22)35-29-12-6-18-34-33(29)28-19-27-26-10-3-4-13-31(26)36-32(27)20-30(28)35/h1-20H. The highest BCUT2D eigenvalue weighted by Crippen LogP contribution is 2.40. The first-order chi connectivity index (χ1) is 17.8. The van der Waals surface area contributed by atoms with Gasteiger partial charge in [-0.1, -0.05) is 72.8 Å². The van der Waals surface area contributed by atoms with Crippen molar-refractivity contribution in [3.63, 3.8) is 0 Å². The van der Waals surface area contributed by atoms with Gasteiger partial charge >= 0.3 is 0 Å². The summed E-state index contributed by atoms with van der Waals surface area (Å²) in [6.07, 6.45) is 1.89. The average Bonchev–Trinajstić information content (AvgIpc) is 3.46. The molecule has 0 amide bonds. The van der Waals surface area contributed by atoms with Gasteiger partial charge in [0.2, 0.25) is 0 Å². The zero-order valence-corrected chi connectivity index (χ0v) is 20.2. The zero-order valence-electron chi connectivity index (χ0n) is 19.3. The van der Waals surface area contributed by atoms with Crippen molar-refractivity contribution in [1.82, 2.24) is 9.55 Å². The SMILES string of the molecule is c1ccc2c(-c3ccc(-n4c5cc6sc7ccccc7c6cc5c5ncccc54)cc3)cccc2c1. The molecule has 36 heavy (non-hydrogen) atoms. The first kappa shape index (κ1) is 19.8. The third-order valence-corrected chi connectivity index (χ3v) is 8.38. The van der Waals surface area contributed by atoms with Crippen molar-refractivity contribution in [3.05, 3.63) is 121 Å². The molecule has 3 heteroatoms. The van der Waals surface area contributed by atoms with Crippen LogP contribution < -0.4 is 0 Å². The second-order valence-electron chi connectivity index (χ2n) is 9.24. The number of hydrogen-bond acceptors (Lipinski definition) is 2. The number of aromatic nitrogens is 2. The van der Waals surface area contributed by atoms with Gasteiger partial charge in [0.05, 0.1) is 16.6 Å². The summed E-state index contributed by atoms with van der Waals surface area (Å²) < 4.78 is 4.98. The minimum Gasteiger partial charge on any atom is -0.308 e. The van der Waals surface area contributed by atoms with Gasteiger partial charge < -0.3 is 4.57 Å². The van der Waals surface area contributed by atoms with Crippen LogP contribution in [0.5, 0.6) is 0 Å². The first-order valence-corrected chi connectivity index (χ1v) is 13.0. The van der Waals surface area contributed by atoms with E-state index in [4.69, 9.17) is 4.98 Å². The van der Waals surface area contributed by atoms with E-state index in [2.05, 4.69) is 114 Å². The molecular weight excluding hydrogens is 456 g/mol. The van der Waals surface area contributed by atoms with Crippen LogP contribution in [0.4, 0.5) is 0 Å². The molecule has 0 bridgehead atoms. The van der Waals surface area contributed by atoms with Crippen LogP contribution in [0.2, 0.25) is 0 Å². The van der Waals surface area contributed by atoms with Crippen molar-refractivity contribution in [2.45, 2.75) is 0 Å². The molecule has 3 heterocycles. The van der Waals surface area contributed by atoms with E-state index in [1.807, 2.05) is 23.6 Å². The molecule has 0 saturated heterocycles. The summed E-state index contributed by atoms with van der Waals surface area (Å²) in [6, 6.07) is 41.6. The molecule has 168 valence electrons. The van der Waals surface area contributed by atoms with Crippen LogP contribution in [0.1, 0.15) is 0 Å². The summed E-state index contributed by atoms with van der Waals surface area (Å²) in [6.45, 7) is 0. The van der Waals surface area contributed by atoms with Gasteiger partial charge in [0.15, 0.2) is 0 Å². The molecule has 0 aliphatic carbocycles. The van der Waals surface area contributed by atoms with Gasteiger partial charge in [0, 0.05) is 37.4 Å². The van der Waals surface area contributed by atoms with Crippen LogP contribution in [-0.4, -0.2) is 9.55 Å². The number of hydrogen-bond donors (Lipinski definition) is 0. The van der Waals surface area contributed by atoms with Gasteiger partial charge in [-0.15, -0.1) is 11.3 Å². The Bertz CT molecular complexity index is 2090. The summed E-state index contributed by atoms with van der Waals surface area (Å²) in [5, 5.41) is 6.36. The van der Waals surface area contributed by atoms with Crippen LogP contribution in [0.3, 0.4) is 0 Å². The van der Waals surface area contributed by atoms with Gasteiger partial charge in [-0.3, -0.25) is 4.98 Å². The molecule has 5 aromatic carbocycles. The zero-order chi connectivity index (χ0) is 23.6. The van der Waals surface area contributed by atoms with Crippen molar-refractivity contribution in [2.75, 3.05) is 0 Å². The molecule has 0 unspecified atom stereocenters. The van der Waals surface area contributed by atoms with E-state index in [1.54, 1.807) is 0 Å². The van der Waals surface area contributed by atoms with Gasteiger partial charge in [-0.25, -0.2) is 0 Å². The van der Waals surface area contributed by atoms with Crippen LogP contribution in [-0.2, 0) is 0 Å². The first-order valence-electron chi connectivity index (χ1n) is 12.1. The Morgan fingerprint density at radius 3 is 2.28 bits per heavy atom.